The maximum Gasteiger partial charge on any atom is 0.307 e. The minimum absolute atomic E-state index is 0.0230. The fourth-order valence-corrected chi connectivity index (χ4v) is 5.13. The number of fused-ring (bicyclic) bond motifs is 2. The van der Waals surface area contributed by atoms with Gasteiger partial charge in [-0.25, -0.2) is 4.39 Å². The summed E-state index contributed by atoms with van der Waals surface area (Å²) in [6.07, 6.45) is 7.85. The van der Waals surface area contributed by atoms with E-state index in [0.29, 0.717) is 18.4 Å². The van der Waals surface area contributed by atoms with Crippen LogP contribution in [-0.4, -0.2) is 17.0 Å². The highest BCUT2D eigenvalue weighted by molar-refractivity contribution is 5.87. The molecule has 0 saturated heterocycles. The van der Waals surface area contributed by atoms with Crippen LogP contribution in [0.25, 0.3) is 0 Å². The zero-order valence-electron chi connectivity index (χ0n) is 14.0. The number of carboxylic acid groups (broad SMARTS) is 1. The van der Waals surface area contributed by atoms with Crippen LogP contribution >= 0.6 is 0 Å². The highest BCUT2D eigenvalue weighted by atomic mass is 19.1. The average Bonchev–Trinajstić information content (AvgIpc) is 3.30. The van der Waals surface area contributed by atoms with Gasteiger partial charge in [0, 0.05) is 5.56 Å². The molecule has 0 spiro atoms. The molecule has 3 aliphatic rings. The SMILES string of the molecule is O=C(O)C1C2C=CC(C2)C1C(=O)NC1(c2ccccc2F)CCCC1. The molecule has 0 heterocycles. The zero-order chi connectivity index (χ0) is 17.6. The van der Waals surface area contributed by atoms with Crippen LogP contribution in [0.3, 0.4) is 0 Å². The molecule has 0 radical (unpaired) electrons. The fourth-order valence-electron chi connectivity index (χ4n) is 5.13. The number of allylic oxidation sites excluding steroid dienone is 2. The molecule has 4 nitrogen and oxygen atoms in total. The highest BCUT2D eigenvalue weighted by Gasteiger charge is 2.53. The Hall–Kier alpha value is -2.17. The number of amides is 1. The van der Waals surface area contributed by atoms with Crippen molar-refractivity contribution in [3.8, 4) is 0 Å². The summed E-state index contributed by atoms with van der Waals surface area (Å²) in [4.78, 5) is 24.7. The Morgan fingerprint density at radius 1 is 1.08 bits per heavy atom. The van der Waals surface area contributed by atoms with Gasteiger partial charge in [-0.15, -0.1) is 0 Å². The van der Waals surface area contributed by atoms with E-state index >= 15 is 0 Å². The number of rotatable bonds is 4. The van der Waals surface area contributed by atoms with Crippen LogP contribution in [0.2, 0.25) is 0 Å². The van der Waals surface area contributed by atoms with E-state index in [4.69, 9.17) is 0 Å². The summed E-state index contributed by atoms with van der Waals surface area (Å²) in [5.74, 6) is -2.78. The lowest BCUT2D eigenvalue weighted by molar-refractivity contribution is -0.148. The molecule has 25 heavy (non-hydrogen) atoms. The average molecular weight is 343 g/mol. The normalized spacial score (nSPS) is 32.0. The second-order valence-electron chi connectivity index (χ2n) is 7.60. The second-order valence-corrected chi connectivity index (χ2v) is 7.60. The molecule has 2 bridgehead atoms. The van der Waals surface area contributed by atoms with E-state index < -0.39 is 23.3 Å². The van der Waals surface area contributed by atoms with Crippen molar-refractivity contribution in [3.05, 3.63) is 47.8 Å². The molecule has 0 aromatic heterocycles. The predicted molar refractivity (Wildman–Crippen MR) is 90.0 cm³/mol. The smallest absolute Gasteiger partial charge is 0.307 e. The number of carbonyl (C=O) groups is 2. The third kappa shape index (κ3) is 2.57. The van der Waals surface area contributed by atoms with Gasteiger partial charge in [0.2, 0.25) is 5.91 Å². The summed E-state index contributed by atoms with van der Waals surface area (Å²) in [6, 6.07) is 6.58. The maximum absolute atomic E-state index is 14.4. The molecule has 2 fully saturated rings. The molecule has 3 aliphatic carbocycles. The number of halogens is 1. The van der Waals surface area contributed by atoms with Gasteiger partial charge >= 0.3 is 5.97 Å². The summed E-state index contributed by atoms with van der Waals surface area (Å²) in [6.45, 7) is 0. The first-order valence-electron chi connectivity index (χ1n) is 9.00. The van der Waals surface area contributed by atoms with Crippen LogP contribution in [0.4, 0.5) is 4.39 Å². The first-order chi connectivity index (χ1) is 12.0. The molecule has 2 N–H and O–H groups in total. The van der Waals surface area contributed by atoms with Gasteiger partial charge in [-0.3, -0.25) is 9.59 Å². The van der Waals surface area contributed by atoms with Crippen molar-refractivity contribution in [3.63, 3.8) is 0 Å². The number of nitrogens with one attached hydrogen (secondary N) is 1. The molecular weight excluding hydrogens is 321 g/mol. The Balaban J connectivity index is 1.63. The highest BCUT2D eigenvalue weighted by Crippen LogP contribution is 2.49. The van der Waals surface area contributed by atoms with Crippen LogP contribution in [0.1, 0.15) is 37.7 Å². The Labute approximate surface area is 146 Å². The first kappa shape index (κ1) is 16.3. The number of benzene rings is 1. The van der Waals surface area contributed by atoms with Crippen LogP contribution in [-0.2, 0) is 15.1 Å². The Morgan fingerprint density at radius 3 is 2.36 bits per heavy atom. The lowest BCUT2D eigenvalue weighted by atomic mass is 9.80. The van der Waals surface area contributed by atoms with Gasteiger partial charge in [-0.05, 0) is 37.2 Å². The molecule has 5 heteroatoms. The largest absolute Gasteiger partial charge is 0.481 e. The van der Waals surface area contributed by atoms with Crippen molar-refractivity contribution in [2.24, 2.45) is 23.7 Å². The van der Waals surface area contributed by atoms with Gasteiger partial charge in [-0.1, -0.05) is 43.2 Å². The first-order valence-corrected chi connectivity index (χ1v) is 9.00. The van der Waals surface area contributed by atoms with E-state index in [1.807, 2.05) is 12.2 Å². The molecule has 132 valence electrons. The van der Waals surface area contributed by atoms with Gasteiger partial charge in [0.25, 0.3) is 0 Å². The minimum Gasteiger partial charge on any atom is -0.481 e. The molecule has 1 amide bonds. The van der Waals surface area contributed by atoms with Gasteiger partial charge in [0.05, 0.1) is 17.4 Å². The number of aliphatic carboxylic acids is 1. The molecule has 1 aromatic carbocycles. The maximum atomic E-state index is 14.4. The molecule has 4 rings (SSSR count). The number of carboxylic acids is 1. The van der Waals surface area contributed by atoms with Gasteiger partial charge in [0.1, 0.15) is 5.82 Å². The second kappa shape index (κ2) is 5.97. The van der Waals surface area contributed by atoms with E-state index in [0.717, 1.165) is 19.3 Å². The van der Waals surface area contributed by atoms with E-state index in [9.17, 15) is 19.1 Å². The topological polar surface area (TPSA) is 66.4 Å². The van der Waals surface area contributed by atoms with Gasteiger partial charge in [-0.2, -0.15) is 0 Å². The molecule has 1 aromatic rings. The summed E-state index contributed by atoms with van der Waals surface area (Å²) in [5, 5.41) is 12.7. The summed E-state index contributed by atoms with van der Waals surface area (Å²) >= 11 is 0. The Morgan fingerprint density at radius 2 is 1.72 bits per heavy atom. The number of carbonyl (C=O) groups excluding carboxylic acids is 1. The van der Waals surface area contributed by atoms with Gasteiger partial charge < -0.3 is 10.4 Å². The van der Waals surface area contributed by atoms with E-state index in [-0.39, 0.29) is 23.6 Å². The predicted octanol–water partition coefficient (Wildman–Crippen LogP) is 3.23. The molecule has 2 saturated carbocycles. The van der Waals surface area contributed by atoms with Crippen LogP contribution < -0.4 is 5.32 Å². The summed E-state index contributed by atoms with van der Waals surface area (Å²) in [7, 11) is 0. The van der Waals surface area contributed by atoms with Crippen molar-refractivity contribution < 1.29 is 19.1 Å². The standard InChI is InChI=1S/C20H22FNO3/c21-15-6-2-1-5-14(15)20(9-3-4-10-20)22-18(23)16-12-7-8-13(11-12)17(16)19(24)25/h1-2,5-8,12-13,16-17H,3-4,9-11H2,(H,22,23)(H,24,25). The van der Waals surface area contributed by atoms with Crippen molar-refractivity contribution >= 4 is 11.9 Å². The molecule has 4 atom stereocenters. The van der Waals surface area contributed by atoms with Crippen molar-refractivity contribution in [1.82, 2.24) is 5.32 Å². The fraction of sp³-hybridized carbons (Fsp3) is 0.500. The van der Waals surface area contributed by atoms with Gasteiger partial charge in [0.15, 0.2) is 0 Å². The van der Waals surface area contributed by atoms with Crippen LogP contribution in [0, 0.1) is 29.5 Å². The molecule has 4 unspecified atom stereocenters. The van der Waals surface area contributed by atoms with E-state index in [1.165, 1.54) is 6.07 Å². The van der Waals surface area contributed by atoms with Crippen LogP contribution in [0.15, 0.2) is 36.4 Å². The summed E-state index contributed by atoms with van der Waals surface area (Å²) < 4.78 is 14.4. The summed E-state index contributed by atoms with van der Waals surface area (Å²) in [5.41, 5.74) is -0.191. The van der Waals surface area contributed by atoms with Crippen molar-refractivity contribution in [2.75, 3.05) is 0 Å². The van der Waals surface area contributed by atoms with Crippen molar-refractivity contribution in [2.45, 2.75) is 37.6 Å². The Kier molecular flexibility index (Phi) is 3.89. The lowest BCUT2D eigenvalue weighted by Crippen LogP contribution is -2.49. The third-order valence-electron chi connectivity index (χ3n) is 6.26. The quantitative estimate of drug-likeness (QED) is 0.825. The zero-order valence-corrected chi connectivity index (χ0v) is 14.0. The number of hydrogen-bond donors (Lipinski definition) is 2. The molecular formula is C20H22FNO3. The minimum atomic E-state index is -0.914. The third-order valence-corrected chi connectivity index (χ3v) is 6.26. The van der Waals surface area contributed by atoms with E-state index in [2.05, 4.69) is 5.32 Å². The lowest BCUT2D eigenvalue weighted by Gasteiger charge is -2.34. The Bertz CT molecular complexity index is 738. The molecule has 0 aliphatic heterocycles. The van der Waals surface area contributed by atoms with Crippen LogP contribution in [0.5, 0.6) is 0 Å². The number of hydrogen-bond acceptors (Lipinski definition) is 2. The van der Waals surface area contributed by atoms with E-state index in [1.54, 1.807) is 18.2 Å². The van der Waals surface area contributed by atoms with Crippen molar-refractivity contribution in [1.29, 1.82) is 0 Å². The monoisotopic (exact) mass is 343 g/mol.